The molecule has 0 saturated carbocycles. The average molecular weight is 383 g/mol. The number of benzene rings is 2. The van der Waals surface area contributed by atoms with Crippen LogP contribution in [-0.4, -0.2) is 5.11 Å². The lowest BCUT2D eigenvalue weighted by Gasteiger charge is -2.22. The van der Waals surface area contributed by atoms with Crippen LogP contribution in [0.25, 0.3) is 0 Å². The predicted octanol–water partition coefficient (Wildman–Crippen LogP) is 5.70. The quantitative estimate of drug-likeness (QED) is 0.514. The van der Waals surface area contributed by atoms with Crippen molar-refractivity contribution in [1.29, 1.82) is 0 Å². The molecule has 0 saturated heterocycles. The normalized spacial score (nSPS) is 13.3. The van der Waals surface area contributed by atoms with Crippen molar-refractivity contribution in [3.05, 3.63) is 63.5 Å². The third kappa shape index (κ3) is 4.43. The van der Waals surface area contributed by atoms with Crippen molar-refractivity contribution < 1.29 is 22.7 Å². The van der Waals surface area contributed by atoms with Crippen molar-refractivity contribution >= 4 is 5.69 Å². The maximum Gasteiger partial charge on any atom is 0.416 e. The van der Waals surface area contributed by atoms with Gasteiger partial charge < -0.3 is 10.8 Å². The number of anilines is 1. The van der Waals surface area contributed by atoms with Crippen LogP contribution in [0.4, 0.5) is 23.2 Å². The van der Waals surface area contributed by atoms with Crippen molar-refractivity contribution in [2.45, 2.75) is 58.7 Å². The number of halogens is 4. The minimum absolute atomic E-state index is 0.165. The second-order valence-electron chi connectivity index (χ2n) is 7.31. The second-order valence-corrected chi connectivity index (χ2v) is 7.31. The number of nitrogen functional groups attached to an aromatic ring is 1. The maximum absolute atomic E-state index is 14.5. The fourth-order valence-corrected chi connectivity index (χ4v) is 3.54. The third-order valence-electron chi connectivity index (χ3n) is 4.95. The zero-order valence-electron chi connectivity index (χ0n) is 15.9. The first-order valence-electron chi connectivity index (χ1n) is 8.85. The van der Waals surface area contributed by atoms with Gasteiger partial charge in [-0.05, 0) is 59.6 Å². The molecule has 0 bridgehead atoms. The van der Waals surface area contributed by atoms with Crippen molar-refractivity contribution in [2.75, 3.05) is 5.73 Å². The molecule has 6 heteroatoms. The van der Waals surface area contributed by atoms with Gasteiger partial charge in [0.25, 0.3) is 0 Å². The van der Waals surface area contributed by atoms with E-state index in [4.69, 9.17) is 5.73 Å². The number of nitrogens with two attached hydrogens (primary N) is 1. The summed E-state index contributed by atoms with van der Waals surface area (Å²) >= 11 is 0. The van der Waals surface area contributed by atoms with Crippen molar-refractivity contribution in [3.63, 3.8) is 0 Å². The zero-order chi connectivity index (χ0) is 20.5. The lowest BCUT2D eigenvalue weighted by Crippen LogP contribution is -2.16. The van der Waals surface area contributed by atoms with E-state index in [1.165, 1.54) is 0 Å². The summed E-state index contributed by atoms with van der Waals surface area (Å²) in [6.45, 7) is 7.32. The van der Waals surface area contributed by atoms with Gasteiger partial charge in [0.2, 0.25) is 0 Å². The number of aliphatic hydroxyl groups excluding tert-OH is 1. The highest BCUT2D eigenvalue weighted by Gasteiger charge is 2.36. The first kappa shape index (κ1) is 21.2. The monoisotopic (exact) mass is 383 g/mol. The predicted molar refractivity (Wildman–Crippen MR) is 99.1 cm³/mol. The first-order valence-corrected chi connectivity index (χ1v) is 8.85. The molecule has 27 heavy (non-hydrogen) atoms. The van der Waals surface area contributed by atoms with Crippen LogP contribution in [0.3, 0.4) is 0 Å². The SMILES string of the molecule is Cc1c(CC(C)c2c(C(F)(F)F)ccc(N)c2F)cc(CO)cc1C(C)C. The molecular formula is C21H25F4NO. The van der Waals surface area contributed by atoms with Gasteiger partial charge in [-0.25, -0.2) is 4.39 Å². The van der Waals surface area contributed by atoms with Crippen LogP contribution in [0, 0.1) is 12.7 Å². The smallest absolute Gasteiger partial charge is 0.396 e. The van der Waals surface area contributed by atoms with Crippen LogP contribution < -0.4 is 5.73 Å². The van der Waals surface area contributed by atoms with E-state index in [2.05, 4.69) is 0 Å². The highest BCUT2D eigenvalue weighted by Crippen LogP contribution is 2.39. The minimum atomic E-state index is -4.66. The maximum atomic E-state index is 14.5. The zero-order valence-corrected chi connectivity index (χ0v) is 15.9. The minimum Gasteiger partial charge on any atom is -0.396 e. The number of hydrogen-bond donors (Lipinski definition) is 2. The molecule has 148 valence electrons. The van der Waals surface area contributed by atoms with Gasteiger partial charge in [0, 0.05) is 5.56 Å². The Balaban J connectivity index is 2.54. The molecule has 0 aliphatic heterocycles. The fourth-order valence-electron chi connectivity index (χ4n) is 3.54. The third-order valence-corrected chi connectivity index (χ3v) is 4.95. The van der Waals surface area contributed by atoms with E-state index in [0.29, 0.717) is 5.56 Å². The molecule has 0 aromatic heterocycles. The Kier molecular flexibility index (Phi) is 6.20. The van der Waals surface area contributed by atoms with E-state index in [9.17, 15) is 22.7 Å². The Morgan fingerprint density at radius 2 is 1.74 bits per heavy atom. The molecule has 2 nitrogen and oxygen atoms in total. The highest BCUT2D eigenvalue weighted by molar-refractivity contribution is 5.50. The topological polar surface area (TPSA) is 46.2 Å². The molecule has 2 rings (SSSR count). The van der Waals surface area contributed by atoms with E-state index in [-0.39, 0.29) is 24.6 Å². The molecule has 1 unspecified atom stereocenters. The van der Waals surface area contributed by atoms with Gasteiger partial charge in [-0.15, -0.1) is 0 Å². The van der Waals surface area contributed by atoms with Gasteiger partial charge in [0.1, 0.15) is 5.82 Å². The number of hydrogen-bond acceptors (Lipinski definition) is 2. The molecule has 2 aromatic rings. The summed E-state index contributed by atoms with van der Waals surface area (Å²) in [7, 11) is 0. The molecule has 0 heterocycles. The Morgan fingerprint density at radius 3 is 2.26 bits per heavy atom. The first-order chi connectivity index (χ1) is 12.5. The molecule has 0 fully saturated rings. The Labute approximate surface area is 157 Å². The van der Waals surface area contributed by atoms with Crippen molar-refractivity contribution in [1.82, 2.24) is 0 Å². The van der Waals surface area contributed by atoms with Gasteiger partial charge in [0.05, 0.1) is 17.9 Å². The van der Waals surface area contributed by atoms with Gasteiger partial charge >= 0.3 is 6.18 Å². The molecule has 2 aromatic carbocycles. The Morgan fingerprint density at radius 1 is 1.11 bits per heavy atom. The summed E-state index contributed by atoms with van der Waals surface area (Å²) in [6, 6.07) is 5.45. The van der Waals surface area contributed by atoms with E-state index in [1.54, 1.807) is 13.0 Å². The van der Waals surface area contributed by atoms with E-state index < -0.39 is 29.0 Å². The van der Waals surface area contributed by atoms with Crippen LogP contribution in [-0.2, 0) is 19.2 Å². The van der Waals surface area contributed by atoms with Crippen LogP contribution in [0.5, 0.6) is 0 Å². The van der Waals surface area contributed by atoms with Gasteiger partial charge in [-0.3, -0.25) is 0 Å². The molecule has 0 aliphatic rings. The summed E-state index contributed by atoms with van der Waals surface area (Å²) in [6.07, 6.45) is -4.45. The lowest BCUT2D eigenvalue weighted by atomic mass is 9.84. The second kappa shape index (κ2) is 7.89. The van der Waals surface area contributed by atoms with Gasteiger partial charge in [-0.2, -0.15) is 13.2 Å². The average Bonchev–Trinajstić information content (AvgIpc) is 2.57. The summed E-state index contributed by atoms with van der Waals surface area (Å²) in [4.78, 5) is 0. The van der Waals surface area contributed by atoms with Crippen LogP contribution in [0.2, 0.25) is 0 Å². The Hall–Kier alpha value is -2.08. The van der Waals surface area contributed by atoms with Crippen molar-refractivity contribution in [2.24, 2.45) is 0 Å². The summed E-state index contributed by atoms with van der Waals surface area (Å²) in [5.41, 5.74) is 7.28. The molecule has 0 radical (unpaired) electrons. The van der Waals surface area contributed by atoms with Crippen LogP contribution >= 0.6 is 0 Å². The lowest BCUT2D eigenvalue weighted by molar-refractivity contribution is -0.138. The fraction of sp³-hybridized carbons (Fsp3) is 0.429. The van der Waals surface area contributed by atoms with Crippen LogP contribution in [0.1, 0.15) is 66.0 Å². The number of alkyl halides is 3. The van der Waals surface area contributed by atoms with Gasteiger partial charge in [-0.1, -0.05) is 32.9 Å². The summed E-state index contributed by atoms with van der Waals surface area (Å²) in [5, 5.41) is 9.52. The van der Waals surface area contributed by atoms with Crippen molar-refractivity contribution in [3.8, 4) is 0 Å². The van der Waals surface area contributed by atoms with Gasteiger partial charge in [0.15, 0.2) is 0 Å². The molecular weight excluding hydrogens is 358 g/mol. The summed E-state index contributed by atoms with van der Waals surface area (Å²) < 4.78 is 54.7. The molecule has 0 aliphatic carbocycles. The standard InChI is InChI=1S/C21H25F4NO/c1-11(2)16-9-14(10-27)8-15(13(16)4)7-12(3)19-17(21(23,24)25)5-6-18(26)20(19)22/h5-6,8-9,11-12,27H,7,10,26H2,1-4H3. The number of aliphatic hydroxyl groups is 1. The Bertz CT molecular complexity index is 828. The highest BCUT2D eigenvalue weighted by atomic mass is 19.4. The molecule has 3 N–H and O–H groups in total. The summed E-state index contributed by atoms with van der Waals surface area (Å²) in [5.74, 6) is -1.56. The molecule has 0 amide bonds. The molecule has 0 spiro atoms. The molecule has 1 atom stereocenters. The van der Waals surface area contributed by atoms with E-state index >= 15 is 0 Å². The van der Waals surface area contributed by atoms with E-state index in [0.717, 1.165) is 28.8 Å². The van der Waals surface area contributed by atoms with Crippen LogP contribution in [0.15, 0.2) is 24.3 Å². The number of rotatable bonds is 5. The largest absolute Gasteiger partial charge is 0.416 e. The van der Waals surface area contributed by atoms with E-state index in [1.807, 2.05) is 26.8 Å².